The van der Waals surface area contributed by atoms with E-state index in [4.69, 9.17) is 0 Å². The summed E-state index contributed by atoms with van der Waals surface area (Å²) in [6.45, 7) is 4.05. The van der Waals surface area contributed by atoms with Crippen LogP contribution in [0.25, 0.3) is 0 Å². The van der Waals surface area contributed by atoms with Crippen LogP contribution in [0.3, 0.4) is 0 Å². The average Bonchev–Trinajstić information content (AvgIpc) is 2.50. The maximum atomic E-state index is 13.1. The van der Waals surface area contributed by atoms with Crippen LogP contribution >= 0.6 is 0 Å². The van der Waals surface area contributed by atoms with E-state index >= 15 is 0 Å². The Morgan fingerprint density at radius 2 is 2.13 bits per heavy atom. The number of hydrogen-bond donors (Lipinski definition) is 1. The summed E-state index contributed by atoms with van der Waals surface area (Å²) in [5.74, 6) is 0.518. The van der Waals surface area contributed by atoms with Gasteiger partial charge in [0.15, 0.2) is 0 Å². The van der Waals surface area contributed by atoms with Crippen molar-refractivity contribution in [3.05, 3.63) is 35.1 Å². The zero-order chi connectivity index (χ0) is 10.7. The van der Waals surface area contributed by atoms with Crippen molar-refractivity contribution in [2.45, 2.75) is 32.1 Å². The molecule has 1 heterocycles. The van der Waals surface area contributed by atoms with Crippen molar-refractivity contribution >= 4 is 0 Å². The lowest BCUT2D eigenvalue weighted by Gasteiger charge is -2.14. The van der Waals surface area contributed by atoms with Crippen LogP contribution in [0.15, 0.2) is 18.2 Å². The fourth-order valence-electron chi connectivity index (χ4n) is 2.27. The van der Waals surface area contributed by atoms with Gasteiger partial charge in [0.1, 0.15) is 5.82 Å². The Balaban J connectivity index is 2.16. The molecular weight excluding hydrogens is 189 g/mol. The lowest BCUT2D eigenvalue weighted by molar-refractivity contribution is 0.595. The van der Waals surface area contributed by atoms with Crippen LogP contribution in [0.1, 0.15) is 36.3 Å². The lowest BCUT2D eigenvalue weighted by atomic mass is 9.91. The molecule has 2 heteroatoms. The number of nitrogens with one attached hydrogen (secondary N) is 1. The topological polar surface area (TPSA) is 12.0 Å². The predicted octanol–water partition coefficient (Wildman–Crippen LogP) is 2.99. The van der Waals surface area contributed by atoms with E-state index in [2.05, 4.69) is 5.32 Å². The largest absolute Gasteiger partial charge is 0.317 e. The van der Waals surface area contributed by atoms with Gasteiger partial charge in [-0.25, -0.2) is 4.39 Å². The molecule has 1 aromatic rings. The lowest BCUT2D eigenvalue weighted by Crippen LogP contribution is -2.13. The molecule has 0 saturated carbocycles. The number of rotatable bonds is 1. The Morgan fingerprint density at radius 3 is 2.93 bits per heavy atom. The van der Waals surface area contributed by atoms with E-state index in [1.165, 1.54) is 24.8 Å². The molecule has 1 aliphatic rings. The van der Waals surface area contributed by atoms with Gasteiger partial charge in [0, 0.05) is 0 Å². The fourth-order valence-corrected chi connectivity index (χ4v) is 2.27. The van der Waals surface area contributed by atoms with Crippen LogP contribution in [0.5, 0.6) is 0 Å². The zero-order valence-electron chi connectivity index (χ0n) is 9.22. The molecule has 0 radical (unpaired) electrons. The fraction of sp³-hybridized carbons (Fsp3) is 0.538. The van der Waals surface area contributed by atoms with Crippen molar-refractivity contribution in [3.8, 4) is 0 Å². The molecule has 1 N–H and O–H groups in total. The average molecular weight is 207 g/mol. The molecule has 2 rings (SSSR count). The first kappa shape index (κ1) is 10.6. The molecule has 1 atom stereocenters. The summed E-state index contributed by atoms with van der Waals surface area (Å²) in [4.78, 5) is 0. The van der Waals surface area contributed by atoms with Crippen LogP contribution in [0.2, 0.25) is 0 Å². The molecule has 1 fully saturated rings. The second kappa shape index (κ2) is 4.75. The third-order valence-corrected chi connectivity index (χ3v) is 3.23. The Labute approximate surface area is 90.7 Å². The first-order valence-electron chi connectivity index (χ1n) is 5.74. The van der Waals surface area contributed by atoms with Crippen molar-refractivity contribution < 1.29 is 4.39 Å². The van der Waals surface area contributed by atoms with Gasteiger partial charge in [0.25, 0.3) is 0 Å². The smallest absolute Gasteiger partial charge is 0.126 e. The van der Waals surface area contributed by atoms with E-state index in [1.54, 1.807) is 6.07 Å². The van der Waals surface area contributed by atoms with Gasteiger partial charge < -0.3 is 5.32 Å². The van der Waals surface area contributed by atoms with E-state index < -0.39 is 0 Å². The van der Waals surface area contributed by atoms with Gasteiger partial charge >= 0.3 is 0 Å². The Bertz CT molecular complexity index is 327. The molecule has 1 saturated heterocycles. The summed E-state index contributed by atoms with van der Waals surface area (Å²) >= 11 is 0. The normalized spacial score (nSPS) is 22.4. The molecule has 82 valence electrons. The maximum Gasteiger partial charge on any atom is 0.126 e. The summed E-state index contributed by atoms with van der Waals surface area (Å²) in [6.07, 6.45) is 3.62. The first-order valence-corrected chi connectivity index (χ1v) is 5.74. The van der Waals surface area contributed by atoms with Crippen molar-refractivity contribution in [1.82, 2.24) is 5.32 Å². The van der Waals surface area contributed by atoms with Crippen LogP contribution in [0.4, 0.5) is 4.39 Å². The molecule has 0 amide bonds. The summed E-state index contributed by atoms with van der Waals surface area (Å²) in [5, 5.41) is 3.40. The van der Waals surface area contributed by atoms with E-state index in [1.807, 2.05) is 19.1 Å². The second-order valence-electron chi connectivity index (χ2n) is 4.39. The third kappa shape index (κ3) is 2.57. The van der Waals surface area contributed by atoms with E-state index in [0.717, 1.165) is 18.7 Å². The standard InChI is InChI=1S/C13H18FN/c1-10-9-12(4-5-13(10)14)11-3-2-7-15-8-6-11/h4-5,9,11,15H,2-3,6-8H2,1H3. The summed E-state index contributed by atoms with van der Waals surface area (Å²) < 4.78 is 13.1. The molecule has 0 aromatic heterocycles. The number of halogens is 1. The molecule has 1 aliphatic heterocycles. The predicted molar refractivity (Wildman–Crippen MR) is 60.6 cm³/mol. The summed E-state index contributed by atoms with van der Waals surface area (Å²) in [5.41, 5.74) is 2.07. The molecule has 1 nitrogen and oxygen atoms in total. The second-order valence-corrected chi connectivity index (χ2v) is 4.39. The van der Waals surface area contributed by atoms with E-state index in [-0.39, 0.29) is 5.82 Å². The molecule has 1 unspecified atom stereocenters. The Kier molecular flexibility index (Phi) is 3.37. The molecular formula is C13H18FN. The van der Waals surface area contributed by atoms with Crippen LogP contribution < -0.4 is 5.32 Å². The minimum absolute atomic E-state index is 0.0921. The van der Waals surface area contributed by atoms with Gasteiger partial charge in [-0.3, -0.25) is 0 Å². The minimum Gasteiger partial charge on any atom is -0.317 e. The molecule has 1 aromatic carbocycles. The summed E-state index contributed by atoms with van der Waals surface area (Å²) in [6, 6.07) is 5.55. The highest BCUT2D eigenvalue weighted by atomic mass is 19.1. The third-order valence-electron chi connectivity index (χ3n) is 3.23. The highest BCUT2D eigenvalue weighted by molar-refractivity contribution is 5.27. The minimum atomic E-state index is -0.0921. The zero-order valence-corrected chi connectivity index (χ0v) is 9.22. The van der Waals surface area contributed by atoms with Gasteiger partial charge in [0.05, 0.1) is 0 Å². The highest BCUT2D eigenvalue weighted by Crippen LogP contribution is 2.27. The molecule has 0 aliphatic carbocycles. The van der Waals surface area contributed by atoms with Crippen molar-refractivity contribution in [3.63, 3.8) is 0 Å². The van der Waals surface area contributed by atoms with Gasteiger partial charge in [-0.1, -0.05) is 12.1 Å². The number of aryl methyl sites for hydroxylation is 1. The van der Waals surface area contributed by atoms with Crippen molar-refractivity contribution in [1.29, 1.82) is 0 Å². The highest BCUT2D eigenvalue weighted by Gasteiger charge is 2.14. The Hall–Kier alpha value is -0.890. The van der Waals surface area contributed by atoms with E-state index in [9.17, 15) is 4.39 Å². The van der Waals surface area contributed by atoms with Crippen molar-refractivity contribution in [2.75, 3.05) is 13.1 Å². The van der Waals surface area contributed by atoms with Gasteiger partial charge in [0.2, 0.25) is 0 Å². The number of hydrogen-bond acceptors (Lipinski definition) is 1. The van der Waals surface area contributed by atoms with Crippen molar-refractivity contribution in [2.24, 2.45) is 0 Å². The van der Waals surface area contributed by atoms with Gasteiger partial charge in [-0.2, -0.15) is 0 Å². The molecule has 0 bridgehead atoms. The Morgan fingerprint density at radius 1 is 1.27 bits per heavy atom. The molecule has 15 heavy (non-hydrogen) atoms. The van der Waals surface area contributed by atoms with Crippen LogP contribution in [-0.4, -0.2) is 13.1 Å². The maximum absolute atomic E-state index is 13.1. The summed E-state index contributed by atoms with van der Waals surface area (Å²) in [7, 11) is 0. The first-order chi connectivity index (χ1) is 7.27. The monoisotopic (exact) mass is 207 g/mol. The quantitative estimate of drug-likeness (QED) is 0.746. The van der Waals surface area contributed by atoms with Gasteiger partial charge in [-0.15, -0.1) is 0 Å². The van der Waals surface area contributed by atoms with Gasteiger partial charge in [-0.05, 0) is 62.4 Å². The molecule has 0 spiro atoms. The van der Waals surface area contributed by atoms with E-state index in [0.29, 0.717) is 5.92 Å². The van der Waals surface area contributed by atoms with Crippen LogP contribution in [0, 0.1) is 12.7 Å². The van der Waals surface area contributed by atoms with Crippen LogP contribution in [-0.2, 0) is 0 Å². The number of benzene rings is 1. The SMILES string of the molecule is Cc1cc(C2CCCNCC2)ccc1F.